The first-order valence-electron chi connectivity index (χ1n) is 5.32. The van der Waals surface area contributed by atoms with E-state index in [1.54, 1.807) is 0 Å². The molecular weight excluding hydrogens is 164 g/mol. The molecule has 0 saturated carbocycles. The summed E-state index contributed by atoms with van der Waals surface area (Å²) in [7, 11) is 2.31. The molecule has 2 atom stereocenters. The SMILES string of the molecule is C[N@+]12CCCC[C@H]1CC(=O)NCC2. The lowest BCUT2D eigenvalue weighted by atomic mass is 9.97. The molecule has 2 aliphatic rings. The maximum Gasteiger partial charge on any atom is 0.226 e. The summed E-state index contributed by atoms with van der Waals surface area (Å²) in [5, 5.41) is 2.97. The van der Waals surface area contributed by atoms with Gasteiger partial charge < -0.3 is 9.80 Å². The highest BCUT2D eigenvalue weighted by Gasteiger charge is 2.38. The summed E-state index contributed by atoms with van der Waals surface area (Å²) in [5.74, 6) is 0.258. The largest absolute Gasteiger partial charge is 0.350 e. The Balaban J connectivity index is 2.13. The number of nitrogens with zero attached hydrogens (tertiary/aromatic N) is 1. The second kappa shape index (κ2) is 3.29. The first kappa shape index (κ1) is 9.00. The monoisotopic (exact) mass is 183 g/mol. The van der Waals surface area contributed by atoms with Gasteiger partial charge in [0.1, 0.15) is 0 Å². The first-order chi connectivity index (χ1) is 6.21. The molecular formula is C10H19N2O+. The van der Waals surface area contributed by atoms with E-state index in [-0.39, 0.29) is 5.91 Å². The van der Waals surface area contributed by atoms with E-state index in [4.69, 9.17) is 0 Å². The normalized spacial score (nSPS) is 40.4. The van der Waals surface area contributed by atoms with Crippen molar-refractivity contribution in [3.8, 4) is 0 Å². The summed E-state index contributed by atoms with van der Waals surface area (Å²) in [6.45, 7) is 3.25. The second-order valence-corrected chi connectivity index (χ2v) is 4.63. The summed E-state index contributed by atoms with van der Waals surface area (Å²) in [5.41, 5.74) is 0. The van der Waals surface area contributed by atoms with Crippen LogP contribution in [0.2, 0.25) is 0 Å². The highest BCUT2D eigenvalue weighted by Crippen LogP contribution is 2.26. The quantitative estimate of drug-likeness (QED) is 0.545. The minimum atomic E-state index is 0.258. The number of likely N-dealkylation sites (N-methyl/N-ethyl adjacent to an activating group) is 1. The third kappa shape index (κ3) is 1.70. The van der Waals surface area contributed by atoms with E-state index >= 15 is 0 Å². The lowest BCUT2D eigenvalue weighted by Crippen LogP contribution is -2.55. The molecule has 0 aromatic heterocycles. The Hall–Kier alpha value is -0.570. The van der Waals surface area contributed by atoms with Gasteiger partial charge in [0.05, 0.1) is 39.1 Å². The molecule has 13 heavy (non-hydrogen) atoms. The number of carbonyl (C=O) groups excluding carboxylic acids is 1. The number of carbonyl (C=O) groups is 1. The third-order valence-corrected chi connectivity index (χ3v) is 3.70. The molecule has 0 spiro atoms. The Kier molecular flexibility index (Phi) is 2.28. The van der Waals surface area contributed by atoms with Gasteiger partial charge in [-0.15, -0.1) is 0 Å². The van der Waals surface area contributed by atoms with Gasteiger partial charge in [0.25, 0.3) is 0 Å². The highest BCUT2D eigenvalue weighted by molar-refractivity contribution is 5.76. The topological polar surface area (TPSA) is 29.1 Å². The van der Waals surface area contributed by atoms with Gasteiger partial charge in [0.15, 0.2) is 0 Å². The Labute approximate surface area is 79.7 Å². The zero-order valence-electron chi connectivity index (χ0n) is 8.38. The molecule has 2 heterocycles. The summed E-state index contributed by atoms with van der Waals surface area (Å²) in [4.78, 5) is 11.4. The Morgan fingerprint density at radius 3 is 3.08 bits per heavy atom. The van der Waals surface area contributed by atoms with E-state index in [1.807, 2.05) is 0 Å². The predicted octanol–water partition coefficient (Wildman–Crippen LogP) is 0.505. The molecule has 0 aromatic carbocycles. The van der Waals surface area contributed by atoms with Gasteiger partial charge in [-0.3, -0.25) is 4.79 Å². The average molecular weight is 183 g/mol. The van der Waals surface area contributed by atoms with Crippen molar-refractivity contribution in [3.63, 3.8) is 0 Å². The van der Waals surface area contributed by atoms with Crippen LogP contribution < -0.4 is 5.32 Å². The Morgan fingerprint density at radius 1 is 1.38 bits per heavy atom. The van der Waals surface area contributed by atoms with Crippen LogP contribution in [-0.2, 0) is 4.79 Å². The minimum absolute atomic E-state index is 0.258. The van der Waals surface area contributed by atoms with Crippen molar-refractivity contribution >= 4 is 5.91 Å². The van der Waals surface area contributed by atoms with Crippen LogP contribution in [0.3, 0.4) is 0 Å². The lowest BCUT2D eigenvalue weighted by Gasteiger charge is -2.43. The molecule has 3 heteroatoms. The minimum Gasteiger partial charge on any atom is -0.350 e. The van der Waals surface area contributed by atoms with E-state index in [0.717, 1.165) is 24.0 Å². The van der Waals surface area contributed by atoms with Gasteiger partial charge in [0.2, 0.25) is 5.91 Å². The maximum absolute atomic E-state index is 11.4. The molecule has 0 aliphatic carbocycles. The molecule has 2 fully saturated rings. The molecule has 1 amide bonds. The van der Waals surface area contributed by atoms with Crippen LogP contribution in [0.4, 0.5) is 0 Å². The molecule has 0 bridgehead atoms. The van der Waals surface area contributed by atoms with E-state index < -0.39 is 0 Å². The van der Waals surface area contributed by atoms with Gasteiger partial charge >= 0.3 is 0 Å². The number of quaternary nitrogens is 1. The average Bonchev–Trinajstić information content (AvgIpc) is 2.23. The molecule has 2 aliphatic heterocycles. The smallest absolute Gasteiger partial charge is 0.226 e. The van der Waals surface area contributed by atoms with Gasteiger partial charge in [-0.05, 0) is 12.8 Å². The van der Waals surface area contributed by atoms with Crippen molar-refractivity contribution in [2.45, 2.75) is 31.7 Å². The zero-order valence-corrected chi connectivity index (χ0v) is 8.38. The molecule has 74 valence electrons. The van der Waals surface area contributed by atoms with E-state index in [9.17, 15) is 4.79 Å². The number of amides is 1. The van der Waals surface area contributed by atoms with Gasteiger partial charge in [-0.25, -0.2) is 0 Å². The van der Waals surface area contributed by atoms with Crippen molar-refractivity contribution in [2.24, 2.45) is 0 Å². The summed E-state index contributed by atoms with van der Waals surface area (Å²) < 4.78 is 1.12. The zero-order chi connectivity index (χ0) is 9.31. The number of hydrogen-bond donors (Lipinski definition) is 1. The fourth-order valence-corrected chi connectivity index (χ4v) is 2.70. The number of rotatable bonds is 0. The molecule has 0 aromatic rings. The van der Waals surface area contributed by atoms with Crippen molar-refractivity contribution in [1.29, 1.82) is 0 Å². The fourth-order valence-electron chi connectivity index (χ4n) is 2.70. The summed E-state index contributed by atoms with van der Waals surface area (Å²) >= 11 is 0. The third-order valence-electron chi connectivity index (χ3n) is 3.70. The summed E-state index contributed by atoms with van der Waals surface area (Å²) in [6.07, 6.45) is 4.63. The van der Waals surface area contributed by atoms with Gasteiger partial charge in [0, 0.05) is 6.42 Å². The predicted molar refractivity (Wildman–Crippen MR) is 51.2 cm³/mol. The molecule has 0 radical (unpaired) electrons. The molecule has 0 unspecified atom stereocenters. The standard InChI is InChI=1S/C10H18N2O/c1-12-6-3-2-4-9(12)8-10(13)11-5-7-12/h9H,2-8H2,1H3/p+1/t9-,12+/m0/s1. The highest BCUT2D eigenvalue weighted by atomic mass is 16.1. The van der Waals surface area contributed by atoms with Crippen LogP contribution in [0.5, 0.6) is 0 Å². The number of fused-ring (bicyclic) bond motifs is 1. The van der Waals surface area contributed by atoms with Crippen LogP contribution >= 0.6 is 0 Å². The first-order valence-corrected chi connectivity index (χ1v) is 5.32. The van der Waals surface area contributed by atoms with Crippen molar-refractivity contribution < 1.29 is 9.28 Å². The fraction of sp³-hybridized carbons (Fsp3) is 0.900. The van der Waals surface area contributed by atoms with Crippen LogP contribution in [0.25, 0.3) is 0 Å². The van der Waals surface area contributed by atoms with Crippen LogP contribution in [0.1, 0.15) is 25.7 Å². The van der Waals surface area contributed by atoms with Crippen molar-refractivity contribution in [1.82, 2.24) is 5.32 Å². The molecule has 3 nitrogen and oxygen atoms in total. The van der Waals surface area contributed by atoms with Crippen molar-refractivity contribution in [3.05, 3.63) is 0 Å². The van der Waals surface area contributed by atoms with Crippen LogP contribution in [0.15, 0.2) is 0 Å². The maximum atomic E-state index is 11.4. The number of nitrogens with one attached hydrogen (secondary N) is 1. The molecule has 1 N–H and O–H groups in total. The van der Waals surface area contributed by atoms with Crippen LogP contribution in [0, 0.1) is 0 Å². The molecule has 2 saturated heterocycles. The van der Waals surface area contributed by atoms with E-state index in [1.165, 1.54) is 25.8 Å². The Bertz CT molecular complexity index is 217. The van der Waals surface area contributed by atoms with Crippen molar-refractivity contribution in [2.75, 3.05) is 26.7 Å². The second-order valence-electron chi connectivity index (χ2n) is 4.63. The molecule has 2 rings (SSSR count). The van der Waals surface area contributed by atoms with E-state index in [2.05, 4.69) is 12.4 Å². The lowest BCUT2D eigenvalue weighted by molar-refractivity contribution is -0.935. The van der Waals surface area contributed by atoms with E-state index in [0.29, 0.717) is 6.04 Å². The Morgan fingerprint density at radius 2 is 2.23 bits per heavy atom. The number of hydrogen-bond acceptors (Lipinski definition) is 1. The van der Waals surface area contributed by atoms with Gasteiger partial charge in [-0.2, -0.15) is 0 Å². The summed E-state index contributed by atoms with van der Waals surface area (Å²) in [6, 6.07) is 0.594. The van der Waals surface area contributed by atoms with Gasteiger partial charge in [-0.1, -0.05) is 0 Å². The van der Waals surface area contributed by atoms with Crippen LogP contribution in [-0.4, -0.2) is 43.1 Å². The number of piperidine rings is 1.